The van der Waals surface area contributed by atoms with Gasteiger partial charge in [0, 0.05) is 43.8 Å². The number of nitrogens with zero attached hydrogens (tertiary/aromatic N) is 4. The number of hydrogen-bond acceptors (Lipinski definition) is 4. The summed E-state index contributed by atoms with van der Waals surface area (Å²) < 4.78 is 0. The van der Waals surface area contributed by atoms with Crippen LogP contribution < -0.4 is 0 Å². The van der Waals surface area contributed by atoms with E-state index < -0.39 is 0 Å². The minimum absolute atomic E-state index is 0.304. The lowest BCUT2D eigenvalue weighted by molar-refractivity contribution is -0.139. The van der Waals surface area contributed by atoms with Crippen molar-refractivity contribution >= 4 is 5.91 Å². The number of likely N-dealkylation sites (tertiary alicyclic amines) is 2. The van der Waals surface area contributed by atoms with E-state index in [1.165, 1.54) is 18.4 Å². The van der Waals surface area contributed by atoms with E-state index in [2.05, 4.69) is 30.8 Å². The first-order valence-corrected chi connectivity index (χ1v) is 10.0. The minimum Gasteiger partial charge on any atom is -0.345 e. The van der Waals surface area contributed by atoms with Crippen LogP contribution in [0.15, 0.2) is 30.7 Å². The van der Waals surface area contributed by atoms with Crippen LogP contribution in [0.2, 0.25) is 0 Å². The number of pyridine rings is 1. The summed E-state index contributed by atoms with van der Waals surface area (Å²) in [6, 6.07) is 4.05. The number of aryl methyl sites for hydroxylation is 1. The number of nitrogens with one attached hydrogen (secondary N) is 1. The van der Waals surface area contributed by atoms with Gasteiger partial charge in [-0.1, -0.05) is 6.07 Å². The average Bonchev–Trinajstić information content (AvgIpc) is 3.10. The Bertz CT molecular complexity index is 764. The maximum absolute atomic E-state index is 12.4. The molecule has 2 aromatic rings. The molecule has 0 aliphatic carbocycles. The van der Waals surface area contributed by atoms with Gasteiger partial charge in [-0.3, -0.25) is 14.7 Å². The molecule has 0 atom stereocenters. The molecule has 2 fully saturated rings. The van der Waals surface area contributed by atoms with Gasteiger partial charge in [0.1, 0.15) is 5.82 Å². The highest BCUT2D eigenvalue weighted by molar-refractivity contribution is 5.77. The summed E-state index contributed by atoms with van der Waals surface area (Å²) in [5, 5.41) is 0. The quantitative estimate of drug-likeness (QED) is 0.882. The molecule has 144 valence electrons. The van der Waals surface area contributed by atoms with Gasteiger partial charge in [0.25, 0.3) is 0 Å². The molecule has 4 rings (SSSR count). The molecule has 1 N–H and O–H groups in total. The van der Waals surface area contributed by atoms with Gasteiger partial charge in [0.05, 0.1) is 6.54 Å². The summed E-state index contributed by atoms with van der Waals surface area (Å²) in [7, 11) is 0. The number of hydrogen-bond donors (Lipinski definition) is 1. The summed E-state index contributed by atoms with van der Waals surface area (Å²) >= 11 is 0. The summed E-state index contributed by atoms with van der Waals surface area (Å²) in [6.45, 7) is 6.84. The Balaban J connectivity index is 1.31. The minimum atomic E-state index is 0.304. The third-order valence-electron chi connectivity index (χ3n) is 6.19. The molecule has 2 aliphatic heterocycles. The third-order valence-corrected chi connectivity index (χ3v) is 6.19. The lowest BCUT2D eigenvalue weighted by Gasteiger charge is -2.47. The van der Waals surface area contributed by atoms with Crippen LogP contribution in [0.25, 0.3) is 0 Å². The van der Waals surface area contributed by atoms with Gasteiger partial charge >= 0.3 is 0 Å². The highest BCUT2D eigenvalue weighted by atomic mass is 16.2. The molecule has 0 aromatic carbocycles. The average molecular weight is 367 g/mol. The molecule has 1 spiro atoms. The van der Waals surface area contributed by atoms with Crippen molar-refractivity contribution in [2.24, 2.45) is 5.41 Å². The molecule has 0 saturated carbocycles. The Labute approximate surface area is 161 Å². The molecule has 2 saturated heterocycles. The van der Waals surface area contributed by atoms with Crippen molar-refractivity contribution in [3.8, 4) is 0 Å². The first-order chi connectivity index (χ1) is 13.1. The van der Waals surface area contributed by atoms with Crippen molar-refractivity contribution in [3.05, 3.63) is 47.8 Å². The second-order valence-electron chi connectivity index (χ2n) is 8.22. The van der Waals surface area contributed by atoms with Crippen LogP contribution in [0.4, 0.5) is 0 Å². The summed E-state index contributed by atoms with van der Waals surface area (Å²) in [5.74, 6) is 1.37. The Morgan fingerprint density at radius 1 is 1.22 bits per heavy atom. The molecule has 2 aliphatic rings. The normalized spacial score (nSPS) is 20.3. The molecule has 0 bridgehead atoms. The molecule has 0 unspecified atom stereocenters. The Morgan fingerprint density at radius 2 is 2.07 bits per heavy atom. The monoisotopic (exact) mass is 367 g/mol. The lowest BCUT2D eigenvalue weighted by Crippen LogP contribution is -2.51. The van der Waals surface area contributed by atoms with Gasteiger partial charge < -0.3 is 9.88 Å². The van der Waals surface area contributed by atoms with E-state index in [1.54, 1.807) is 6.20 Å². The number of amides is 1. The van der Waals surface area contributed by atoms with Gasteiger partial charge in [-0.2, -0.15) is 0 Å². The van der Waals surface area contributed by atoms with Crippen molar-refractivity contribution in [2.75, 3.05) is 26.2 Å². The largest absolute Gasteiger partial charge is 0.345 e. The van der Waals surface area contributed by atoms with E-state index in [0.717, 1.165) is 57.1 Å². The Kier molecular flexibility index (Phi) is 5.25. The van der Waals surface area contributed by atoms with E-state index in [9.17, 15) is 4.79 Å². The van der Waals surface area contributed by atoms with E-state index >= 15 is 0 Å². The van der Waals surface area contributed by atoms with E-state index in [1.807, 2.05) is 25.4 Å². The van der Waals surface area contributed by atoms with Gasteiger partial charge in [-0.15, -0.1) is 0 Å². The number of carbonyl (C=O) groups is 1. The number of H-pyrrole nitrogens is 1. The number of aromatic nitrogens is 3. The van der Waals surface area contributed by atoms with Gasteiger partial charge in [-0.25, -0.2) is 4.98 Å². The van der Waals surface area contributed by atoms with Crippen LogP contribution in [0.1, 0.15) is 42.8 Å². The number of piperidine rings is 2. The number of carbonyl (C=O) groups excluding carboxylic acids is 1. The van der Waals surface area contributed by atoms with Crippen LogP contribution in [-0.2, 0) is 17.8 Å². The number of imidazole rings is 1. The molecule has 6 nitrogen and oxygen atoms in total. The fourth-order valence-corrected chi connectivity index (χ4v) is 4.47. The predicted octanol–water partition coefficient (Wildman–Crippen LogP) is 2.56. The molecule has 1 amide bonds. The maximum atomic E-state index is 12.4. The van der Waals surface area contributed by atoms with Crippen molar-refractivity contribution in [2.45, 2.75) is 45.6 Å². The number of aromatic amines is 1. The molecule has 27 heavy (non-hydrogen) atoms. The first kappa shape index (κ1) is 18.2. The van der Waals surface area contributed by atoms with Crippen LogP contribution in [0, 0.1) is 12.3 Å². The van der Waals surface area contributed by atoms with E-state index in [0.29, 0.717) is 17.7 Å². The molecular weight excluding hydrogens is 338 g/mol. The molecule has 6 heteroatoms. The summed E-state index contributed by atoms with van der Waals surface area (Å²) in [5.41, 5.74) is 2.63. The molecule has 0 radical (unpaired) electrons. The molecule has 2 aromatic heterocycles. The van der Waals surface area contributed by atoms with Crippen molar-refractivity contribution < 1.29 is 4.79 Å². The standard InChI is InChI=1S/C21H29N5O/c1-17-13-23-19(24-17)15-25-11-7-21(8-12-25)6-4-20(27)26(16-21)10-5-18-3-2-9-22-14-18/h2-3,9,13-14H,4-8,10-12,15-16H2,1H3,(H,23,24). The Morgan fingerprint density at radius 3 is 2.78 bits per heavy atom. The smallest absolute Gasteiger partial charge is 0.222 e. The predicted molar refractivity (Wildman–Crippen MR) is 104 cm³/mol. The van der Waals surface area contributed by atoms with Gasteiger partial charge in [0.15, 0.2) is 0 Å². The maximum Gasteiger partial charge on any atom is 0.222 e. The SMILES string of the molecule is Cc1cnc(CN2CCC3(CCC(=O)N(CCc4cccnc4)C3)CC2)[nH]1. The van der Waals surface area contributed by atoms with Crippen LogP contribution >= 0.6 is 0 Å². The fraction of sp³-hybridized carbons (Fsp3) is 0.571. The van der Waals surface area contributed by atoms with Crippen LogP contribution in [0.3, 0.4) is 0 Å². The number of rotatable bonds is 5. The van der Waals surface area contributed by atoms with Gasteiger partial charge in [-0.05, 0) is 62.7 Å². The van der Waals surface area contributed by atoms with Crippen LogP contribution in [-0.4, -0.2) is 56.8 Å². The van der Waals surface area contributed by atoms with Crippen LogP contribution in [0.5, 0.6) is 0 Å². The van der Waals surface area contributed by atoms with E-state index in [4.69, 9.17) is 0 Å². The fourth-order valence-electron chi connectivity index (χ4n) is 4.47. The van der Waals surface area contributed by atoms with Crippen molar-refractivity contribution in [3.63, 3.8) is 0 Å². The topological polar surface area (TPSA) is 65.1 Å². The molecule has 4 heterocycles. The zero-order chi connectivity index (χ0) is 18.7. The molecular formula is C21H29N5O. The highest BCUT2D eigenvalue weighted by Crippen LogP contribution is 2.40. The highest BCUT2D eigenvalue weighted by Gasteiger charge is 2.40. The zero-order valence-corrected chi connectivity index (χ0v) is 16.2. The second-order valence-corrected chi connectivity index (χ2v) is 8.22. The third kappa shape index (κ3) is 4.38. The zero-order valence-electron chi connectivity index (χ0n) is 16.2. The second kappa shape index (κ2) is 7.80. The van der Waals surface area contributed by atoms with Crippen molar-refractivity contribution in [1.29, 1.82) is 0 Å². The van der Waals surface area contributed by atoms with Crippen molar-refractivity contribution in [1.82, 2.24) is 24.8 Å². The summed E-state index contributed by atoms with van der Waals surface area (Å²) in [4.78, 5) is 29.0. The van der Waals surface area contributed by atoms with Gasteiger partial charge in [0.2, 0.25) is 5.91 Å². The van der Waals surface area contributed by atoms with E-state index in [-0.39, 0.29) is 0 Å². The lowest BCUT2D eigenvalue weighted by atomic mass is 9.72. The first-order valence-electron chi connectivity index (χ1n) is 10.0. The summed E-state index contributed by atoms with van der Waals surface area (Å²) in [6.07, 6.45) is 10.6. The Hall–Kier alpha value is -2.21.